The molecule has 0 aliphatic rings. The summed E-state index contributed by atoms with van der Waals surface area (Å²) in [5, 5.41) is 0. The minimum absolute atomic E-state index is 0.0444. The van der Waals surface area contributed by atoms with Gasteiger partial charge in [0.1, 0.15) is 0 Å². The summed E-state index contributed by atoms with van der Waals surface area (Å²) in [7, 11) is 1.58. The minimum atomic E-state index is -0.500. The number of hydrogen-bond donors (Lipinski definition) is 1. The number of rotatable bonds is 4. The second-order valence-electron chi connectivity index (χ2n) is 3.67. The maximum atomic E-state index is 11.9. The average Bonchev–Trinajstić information content (AvgIpc) is 2.57. The Morgan fingerprint density at radius 1 is 1.50 bits per heavy atom. The molecule has 1 aromatic heterocycles. The van der Waals surface area contributed by atoms with E-state index in [1.165, 1.54) is 21.8 Å². The summed E-state index contributed by atoms with van der Waals surface area (Å²) >= 11 is 1.46. The zero-order valence-corrected chi connectivity index (χ0v) is 10.6. The Balaban J connectivity index is 2.83. The van der Waals surface area contributed by atoms with E-state index in [1.807, 2.05) is 13.0 Å². The van der Waals surface area contributed by atoms with Gasteiger partial charge in [0.2, 0.25) is 5.91 Å². The van der Waals surface area contributed by atoms with E-state index in [0.717, 1.165) is 11.3 Å². The van der Waals surface area contributed by atoms with Crippen LogP contribution in [0.5, 0.6) is 0 Å². The number of amides is 2. The molecule has 1 rings (SSSR count). The van der Waals surface area contributed by atoms with Crippen LogP contribution in [0.2, 0.25) is 0 Å². The number of carbonyl (C=O) groups excluding carboxylic acids is 2. The maximum absolute atomic E-state index is 11.9. The highest BCUT2D eigenvalue weighted by Crippen LogP contribution is 2.22. The highest BCUT2D eigenvalue weighted by atomic mass is 32.1. The minimum Gasteiger partial charge on any atom is -0.368 e. The molecule has 0 atom stereocenters. The SMILES string of the molecule is CCc1cc(C(=O)N(C)CC(N)=O)sc1C. The molecule has 0 fully saturated rings. The van der Waals surface area contributed by atoms with Crippen molar-refractivity contribution in [3.8, 4) is 0 Å². The van der Waals surface area contributed by atoms with E-state index in [-0.39, 0.29) is 12.5 Å². The van der Waals surface area contributed by atoms with Crippen molar-refractivity contribution in [2.45, 2.75) is 20.3 Å². The Morgan fingerprint density at radius 3 is 2.56 bits per heavy atom. The van der Waals surface area contributed by atoms with Crippen LogP contribution in [-0.4, -0.2) is 30.3 Å². The molecule has 0 aliphatic heterocycles. The first-order valence-electron chi connectivity index (χ1n) is 5.08. The molecule has 0 saturated carbocycles. The Bertz CT molecular complexity index is 412. The highest BCUT2D eigenvalue weighted by Gasteiger charge is 2.16. The van der Waals surface area contributed by atoms with E-state index in [1.54, 1.807) is 7.05 Å². The van der Waals surface area contributed by atoms with Gasteiger partial charge in [-0.3, -0.25) is 9.59 Å². The molecule has 0 aromatic carbocycles. The number of likely N-dealkylation sites (N-methyl/N-ethyl adjacent to an activating group) is 1. The number of thiophene rings is 1. The summed E-state index contributed by atoms with van der Waals surface area (Å²) in [6.45, 7) is 4.00. The van der Waals surface area contributed by atoms with E-state index in [0.29, 0.717) is 4.88 Å². The van der Waals surface area contributed by atoms with E-state index in [4.69, 9.17) is 5.73 Å². The molecule has 4 nitrogen and oxygen atoms in total. The van der Waals surface area contributed by atoms with Crippen LogP contribution in [0.25, 0.3) is 0 Å². The van der Waals surface area contributed by atoms with Gasteiger partial charge in [-0.15, -0.1) is 11.3 Å². The quantitative estimate of drug-likeness (QED) is 0.858. The molecule has 0 bridgehead atoms. The van der Waals surface area contributed by atoms with Crippen molar-refractivity contribution in [2.24, 2.45) is 5.73 Å². The third-order valence-electron chi connectivity index (χ3n) is 2.35. The molecule has 2 N–H and O–H groups in total. The predicted molar refractivity (Wildman–Crippen MR) is 64.6 cm³/mol. The van der Waals surface area contributed by atoms with E-state index in [2.05, 4.69) is 6.92 Å². The summed E-state index contributed by atoms with van der Waals surface area (Å²) in [6.07, 6.45) is 0.912. The van der Waals surface area contributed by atoms with Gasteiger partial charge in [-0.1, -0.05) is 6.92 Å². The van der Waals surface area contributed by atoms with Crippen LogP contribution in [0.4, 0.5) is 0 Å². The van der Waals surface area contributed by atoms with E-state index < -0.39 is 5.91 Å². The van der Waals surface area contributed by atoms with E-state index in [9.17, 15) is 9.59 Å². The van der Waals surface area contributed by atoms with Crippen molar-refractivity contribution in [3.05, 3.63) is 21.4 Å². The van der Waals surface area contributed by atoms with Gasteiger partial charge in [-0.25, -0.2) is 0 Å². The van der Waals surface area contributed by atoms with Crippen LogP contribution in [0, 0.1) is 6.92 Å². The summed E-state index contributed by atoms with van der Waals surface area (Å²) in [5.41, 5.74) is 6.22. The molecule has 5 heteroatoms. The van der Waals surface area contributed by atoms with Crippen molar-refractivity contribution in [2.75, 3.05) is 13.6 Å². The Hall–Kier alpha value is -1.36. The molecular formula is C11H16N2O2S. The van der Waals surface area contributed by atoms with Crippen LogP contribution in [0.1, 0.15) is 27.0 Å². The fourth-order valence-electron chi connectivity index (χ4n) is 1.47. The summed E-state index contributed by atoms with van der Waals surface area (Å²) < 4.78 is 0. The standard InChI is InChI=1S/C11H16N2O2S/c1-4-8-5-9(16-7(8)2)11(15)13(3)6-10(12)14/h5H,4,6H2,1-3H3,(H2,12,14). The molecule has 0 spiro atoms. The third kappa shape index (κ3) is 2.82. The van der Waals surface area contributed by atoms with Crippen molar-refractivity contribution in [1.29, 1.82) is 0 Å². The lowest BCUT2D eigenvalue weighted by atomic mass is 10.2. The van der Waals surface area contributed by atoms with Gasteiger partial charge in [0.15, 0.2) is 0 Å². The molecular weight excluding hydrogens is 224 g/mol. The zero-order valence-electron chi connectivity index (χ0n) is 9.74. The molecule has 1 aromatic rings. The van der Waals surface area contributed by atoms with Gasteiger partial charge < -0.3 is 10.6 Å². The molecule has 16 heavy (non-hydrogen) atoms. The molecule has 2 amide bonds. The number of nitrogens with zero attached hydrogens (tertiary/aromatic N) is 1. The fourth-order valence-corrected chi connectivity index (χ4v) is 2.58. The Morgan fingerprint density at radius 2 is 2.12 bits per heavy atom. The van der Waals surface area contributed by atoms with Gasteiger partial charge in [0, 0.05) is 11.9 Å². The Labute approximate surface area is 99.0 Å². The summed E-state index contributed by atoms with van der Waals surface area (Å²) in [5.74, 6) is -0.647. The van der Waals surface area contributed by atoms with Crippen LogP contribution >= 0.6 is 11.3 Å². The first-order valence-corrected chi connectivity index (χ1v) is 5.90. The normalized spacial score (nSPS) is 10.2. The predicted octanol–water partition coefficient (Wildman–Crippen LogP) is 1.18. The topological polar surface area (TPSA) is 63.4 Å². The van der Waals surface area contributed by atoms with Gasteiger partial charge in [-0.2, -0.15) is 0 Å². The first kappa shape index (κ1) is 12.7. The van der Waals surface area contributed by atoms with Gasteiger partial charge in [-0.05, 0) is 25.0 Å². The number of primary amides is 1. The highest BCUT2D eigenvalue weighted by molar-refractivity contribution is 7.14. The number of hydrogen-bond acceptors (Lipinski definition) is 3. The number of aryl methyl sites for hydroxylation is 2. The van der Waals surface area contributed by atoms with Gasteiger partial charge in [0.25, 0.3) is 5.91 Å². The number of nitrogens with two attached hydrogens (primary N) is 1. The largest absolute Gasteiger partial charge is 0.368 e. The lowest BCUT2D eigenvalue weighted by Gasteiger charge is -2.13. The lowest BCUT2D eigenvalue weighted by molar-refractivity contribution is -0.118. The Kier molecular flexibility index (Phi) is 4.06. The molecule has 1 heterocycles. The summed E-state index contributed by atoms with van der Waals surface area (Å²) in [4.78, 5) is 25.8. The van der Waals surface area contributed by atoms with Crippen LogP contribution in [0.3, 0.4) is 0 Å². The second-order valence-corrected chi connectivity index (χ2v) is 4.93. The van der Waals surface area contributed by atoms with Crippen molar-refractivity contribution in [3.63, 3.8) is 0 Å². The molecule has 0 unspecified atom stereocenters. The van der Waals surface area contributed by atoms with Crippen LogP contribution in [0.15, 0.2) is 6.07 Å². The van der Waals surface area contributed by atoms with Gasteiger partial charge in [0.05, 0.1) is 11.4 Å². The zero-order chi connectivity index (χ0) is 12.3. The molecule has 0 aliphatic carbocycles. The smallest absolute Gasteiger partial charge is 0.264 e. The first-order chi connectivity index (χ1) is 7.45. The van der Waals surface area contributed by atoms with E-state index >= 15 is 0 Å². The average molecular weight is 240 g/mol. The molecule has 0 saturated heterocycles. The summed E-state index contributed by atoms with van der Waals surface area (Å²) in [6, 6.07) is 1.89. The van der Waals surface area contributed by atoms with Crippen molar-refractivity contribution >= 4 is 23.2 Å². The fraction of sp³-hybridized carbons (Fsp3) is 0.455. The lowest BCUT2D eigenvalue weighted by Crippen LogP contribution is -2.34. The van der Waals surface area contributed by atoms with Crippen LogP contribution in [-0.2, 0) is 11.2 Å². The monoisotopic (exact) mass is 240 g/mol. The van der Waals surface area contributed by atoms with Crippen molar-refractivity contribution < 1.29 is 9.59 Å². The molecule has 0 radical (unpaired) electrons. The van der Waals surface area contributed by atoms with Crippen LogP contribution < -0.4 is 5.73 Å². The number of carbonyl (C=O) groups is 2. The maximum Gasteiger partial charge on any atom is 0.264 e. The third-order valence-corrected chi connectivity index (χ3v) is 3.43. The second kappa shape index (κ2) is 5.12. The van der Waals surface area contributed by atoms with Gasteiger partial charge >= 0.3 is 0 Å². The molecule has 88 valence electrons. The van der Waals surface area contributed by atoms with Crippen molar-refractivity contribution in [1.82, 2.24) is 4.90 Å².